The third kappa shape index (κ3) is 4.25. The summed E-state index contributed by atoms with van der Waals surface area (Å²) in [5, 5.41) is 13.3. The number of hydrogen-bond donors (Lipinski definition) is 2. The largest absolute Gasteiger partial charge is 0.506 e. The summed E-state index contributed by atoms with van der Waals surface area (Å²) in [6.07, 6.45) is 0. The molecule has 1 aliphatic rings. The summed E-state index contributed by atoms with van der Waals surface area (Å²) in [5.74, 6) is 0.880. The summed E-state index contributed by atoms with van der Waals surface area (Å²) in [7, 11) is 0. The van der Waals surface area contributed by atoms with Gasteiger partial charge in [-0.2, -0.15) is 0 Å². The zero-order chi connectivity index (χ0) is 18.4. The Morgan fingerprint density at radius 3 is 2.46 bits per heavy atom. The van der Waals surface area contributed by atoms with Crippen LogP contribution < -0.4 is 10.2 Å². The number of phenols is 1. The summed E-state index contributed by atoms with van der Waals surface area (Å²) in [6, 6.07) is 14.1. The molecule has 5 nitrogen and oxygen atoms in total. The van der Waals surface area contributed by atoms with Gasteiger partial charge in [-0.3, -0.25) is 0 Å². The molecule has 0 spiro atoms. The minimum absolute atomic E-state index is 0.225. The van der Waals surface area contributed by atoms with Gasteiger partial charge in [0.1, 0.15) is 11.6 Å². The Balaban J connectivity index is 1.66. The van der Waals surface area contributed by atoms with Crippen LogP contribution in [0.4, 0.5) is 10.1 Å². The van der Waals surface area contributed by atoms with E-state index in [0.29, 0.717) is 17.9 Å². The predicted molar refractivity (Wildman–Crippen MR) is 103 cm³/mol. The molecule has 0 unspecified atom stereocenters. The van der Waals surface area contributed by atoms with E-state index in [0.717, 1.165) is 44.4 Å². The maximum Gasteiger partial charge on any atom is 0.194 e. The summed E-state index contributed by atoms with van der Waals surface area (Å²) >= 11 is 0. The molecule has 0 bridgehead atoms. The second kappa shape index (κ2) is 8.56. The van der Waals surface area contributed by atoms with Crippen LogP contribution in [0, 0.1) is 5.82 Å². The smallest absolute Gasteiger partial charge is 0.194 e. The summed E-state index contributed by atoms with van der Waals surface area (Å²) in [5.41, 5.74) is 1.45. The summed E-state index contributed by atoms with van der Waals surface area (Å²) < 4.78 is 13.8. The molecule has 2 N–H and O–H groups in total. The van der Waals surface area contributed by atoms with Crippen LogP contribution in [0.3, 0.4) is 0 Å². The van der Waals surface area contributed by atoms with Gasteiger partial charge in [0.05, 0.1) is 12.2 Å². The number of benzene rings is 2. The van der Waals surface area contributed by atoms with Crippen molar-refractivity contribution in [3.05, 3.63) is 59.9 Å². The first-order valence-electron chi connectivity index (χ1n) is 8.98. The highest BCUT2D eigenvalue weighted by Crippen LogP contribution is 2.27. The Hall–Kier alpha value is -2.76. The van der Waals surface area contributed by atoms with Crippen molar-refractivity contribution >= 4 is 11.6 Å². The van der Waals surface area contributed by atoms with Crippen LogP contribution in [-0.4, -0.2) is 48.7 Å². The van der Waals surface area contributed by atoms with Crippen LogP contribution in [0.2, 0.25) is 0 Å². The number of hydrogen-bond acceptors (Lipinski definition) is 3. The molecule has 2 aromatic rings. The van der Waals surface area contributed by atoms with Gasteiger partial charge in [-0.1, -0.05) is 30.3 Å². The molecule has 1 fully saturated rings. The predicted octanol–water partition coefficient (Wildman–Crippen LogP) is 2.82. The minimum atomic E-state index is -0.225. The normalized spacial score (nSPS) is 15.2. The van der Waals surface area contributed by atoms with E-state index in [9.17, 15) is 9.50 Å². The molecule has 0 aromatic heterocycles. The molecule has 3 rings (SSSR count). The fraction of sp³-hybridized carbons (Fsp3) is 0.350. The molecule has 0 atom stereocenters. The number of anilines is 1. The third-order valence-electron chi connectivity index (χ3n) is 4.49. The van der Waals surface area contributed by atoms with E-state index < -0.39 is 0 Å². The second-order valence-electron chi connectivity index (χ2n) is 6.22. The van der Waals surface area contributed by atoms with Crippen molar-refractivity contribution in [3.8, 4) is 5.75 Å². The highest BCUT2D eigenvalue weighted by Gasteiger charge is 2.21. The second-order valence-corrected chi connectivity index (χ2v) is 6.22. The number of nitrogens with zero attached hydrogens (tertiary/aromatic N) is 3. The Morgan fingerprint density at radius 2 is 1.77 bits per heavy atom. The minimum Gasteiger partial charge on any atom is -0.506 e. The monoisotopic (exact) mass is 356 g/mol. The molecule has 138 valence electrons. The number of aromatic hydroxyl groups is 1. The topological polar surface area (TPSA) is 51.1 Å². The zero-order valence-corrected chi connectivity index (χ0v) is 15.0. The summed E-state index contributed by atoms with van der Waals surface area (Å²) in [4.78, 5) is 8.96. The molecule has 0 amide bonds. The lowest BCUT2D eigenvalue weighted by Gasteiger charge is -2.37. The maximum atomic E-state index is 13.8. The van der Waals surface area contributed by atoms with Crippen LogP contribution in [0.5, 0.6) is 5.75 Å². The highest BCUT2D eigenvalue weighted by atomic mass is 19.1. The first kappa shape index (κ1) is 18.0. The SMILES string of the molecule is CCNC(=NCc1ccccc1F)N1CCN(c2ccccc2O)CC1. The molecule has 1 aliphatic heterocycles. The standard InChI is InChI=1S/C20H25FN4O/c1-2-22-20(23-15-16-7-3-4-8-17(16)21)25-13-11-24(12-14-25)18-9-5-6-10-19(18)26/h3-10,26H,2,11-15H2,1H3,(H,22,23). The molecular weight excluding hydrogens is 331 g/mol. The number of phenolic OH excluding ortho intramolecular Hbond substituents is 1. The molecule has 0 saturated carbocycles. The quantitative estimate of drug-likeness (QED) is 0.653. The average Bonchev–Trinajstić information content (AvgIpc) is 2.67. The van der Waals surface area contributed by atoms with Crippen molar-refractivity contribution in [3.63, 3.8) is 0 Å². The summed E-state index contributed by atoms with van der Waals surface area (Å²) in [6.45, 7) is 6.26. The number of halogens is 1. The van der Waals surface area contributed by atoms with E-state index in [1.54, 1.807) is 18.2 Å². The van der Waals surface area contributed by atoms with Crippen molar-refractivity contribution in [2.75, 3.05) is 37.6 Å². The van der Waals surface area contributed by atoms with Gasteiger partial charge in [-0.05, 0) is 25.1 Å². The Labute approximate surface area is 153 Å². The first-order chi connectivity index (χ1) is 12.7. The third-order valence-corrected chi connectivity index (χ3v) is 4.49. The fourth-order valence-electron chi connectivity index (χ4n) is 3.10. The molecule has 1 heterocycles. The van der Waals surface area contributed by atoms with Gasteiger partial charge in [0.2, 0.25) is 0 Å². The zero-order valence-electron chi connectivity index (χ0n) is 15.0. The lowest BCUT2D eigenvalue weighted by Crippen LogP contribution is -2.52. The molecule has 0 aliphatic carbocycles. The van der Waals surface area contributed by atoms with Crippen LogP contribution in [0.1, 0.15) is 12.5 Å². The van der Waals surface area contributed by atoms with Crippen molar-refractivity contribution < 1.29 is 9.50 Å². The van der Waals surface area contributed by atoms with E-state index in [1.165, 1.54) is 6.07 Å². The van der Waals surface area contributed by atoms with E-state index in [4.69, 9.17) is 0 Å². The molecule has 1 saturated heterocycles. The number of piperazine rings is 1. The molecule has 0 radical (unpaired) electrons. The lowest BCUT2D eigenvalue weighted by molar-refractivity contribution is 0.369. The molecule has 2 aromatic carbocycles. The number of para-hydroxylation sites is 2. The van der Waals surface area contributed by atoms with Gasteiger partial charge in [0, 0.05) is 38.3 Å². The van der Waals surface area contributed by atoms with Crippen LogP contribution in [0.25, 0.3) is 0 Å². The average molecular weight is 356 g/mol. The molecular formula is C20H25FN4O. The van der Waals surface area contributed by atoms with Gasteiger partial charge in [0.25, 0.3) is 0 Å². The number of aliphatic imine (C=N–C) groups is 1. The van der Waals surface area contributed by atoms with Gasteiger partial charge in [-0.25, -0.2) is 9.38 Å². The first-order valence-corrected chi connectivity index (χ1v) is 8.98. The number of guanidine groups is 1. The van der Waals surface area contributed by atoms with Crippen molar-refractivity contribution in [2.24, 2.45) is 4.99 Å². The van der Waals surface area contributed by atoms with E-state index in [1.807, 2.05) is 31.2 Å². The Kier molecular flexibility index (Phi) is 5.94. The van der Waals surface area contributed by atoms with Crippen LogP contribution in [-0.2, 0) is 6.54 Å². The van der Waals surface area contributed by atoms with Crippen molar-refractivity contribution in [1.29, 1.82) is 0 Å². The molecule has 6 heteroatoms. The van der Waals surface area contributed by atoms with Crippen molar-refractivity contribution in [2.45, 2.75) is 13.5 Å². The van der Waals surface area contributed by atoms with E-state index in [-0.39, 0.29) is 5.82 Å². The van der Waals surface area contributed by atoms with Gasteiger partial charge in [-0.15, -0.1) is 0 Å². The Bertz CT molecular complexity index is 757. The lowest BCUT2D eigenvalue weighted by atomic mass is 10.2. The van der Waals surface area contributed by atoms with Gasteiger partial charge >= 0.3 is 0 Å². The maximum absolute atomic E-state index is 13.8. The van der Waals surface area contributed by atoms with Crippen LogP contribution >= 0.6 is 0 Å². The fourth-order valence-corrected chi connectivity index (χ4v) is 3.10. The van der Waals surface area contributed by atoms with Crippen LogP contribution in [0.15, 0.2) is 53.5 Å². The highest BCUT2D eigenvalue weighted by molar-refractivity contribution is 5.80. The van der Waals surface area contributed by atoms with E-state index >= 15 is 0 Å². The molecule has 26 heavy (non-hydrogen) atoms. The number of nitrogens with one attached hydrogen (secondary N) is 1. The Morgan fingerprint density at radius 1 is 1.08 bits per heavy atom. The van der Waals surface area contributed by atoms with Gasteiger partial charge in [0.15, 0.2) is 5.96 Å². The van der Waals surface area contributed by atoms with Crippen molar-refractivity contribution in [1.82, 2.24) is 10.2 Å². The number of rotatable bonds is 4. The van der Waals surface area contributed by atoms with Gasteiger partial charge < -0.3 is 20.2 Å². The van der Waals surface area contributed by atoms with E-state index in [2.05, 4.69) is 20.1 Å².